The van der Waals surface area contributed by atoms with Crippen molar-refractivity contribution in [3.8, 4) is 5.75 Å². The molecule has 8 heteroatoms. The molecule has 1 saturated heterocycles. The van der Waals surface area contributed by atoms with Crippen LogP contribution in [0, 0.1) is 13.8 Å². The number of hydrogen-bond acceptors (Lipinski definition) is 5. The predicted octanol–water partition coefficient (Wildman–Crippen LogP) is 9.22. The molecule has 4 aromatic carbocycles. The zero-order chi connectivity index (χ0) is 29.3. The summed E-state index contributed by atoms with van der Waals surface area (Å²) in [5.41, 5.74) is 5.10. The van der Waals surface area contributed by atoms with Crippen LogP contribution in [0.2, 0.25) is 10.0 Å². The van der Waals surface area contributed by atoms with Crippen molar-refractivity contribution in [2.24, 2.45) is 0 Å². The predicted molar refractivity (Wildman–Crippen MR) is 176 cm³/mol. The van der Waals surface area contributed by atoms with Gasteiger partial charge in [-0.15, -0.1) is 0 Å². The second-order valence-corrected chi connectivity index (χ2v) is 13.6. The van der Waals surface area contributed by atoms with Gasteiger partial charge in [-0.2, -0.15) is 0 Å². The molecule has 0 spiro atoms. The normalized spacial score (nSPS) is 17.0. The topological polar surface area (TPSA) is 15.7 Å². The molecule has 1 heterocycles. The Hall–Kier alpha value is -1.95. The van der Waals surface area contributed by atoms with E-state index in [4.69, 9.17) is 40.6 Å². The number of halogens is 2. The Morgan fingerprint density at radius 2 is 1.49 bits per heavy atom. The van der Waals surface area contributed by atoms with E-state index in [-0.39, 0.29) is 11.7 Å². The van der Waals surface area contributed by atoms with Gasteiger partial charge >= 0.3 is 275 Å². The average molecular weight is 709 g/mol. The summed E-state index contributed by atoms with van der Waals surface area (Å²) in [5.74, 6) is 0.793. The van der Waals surface area contributed by atoms with E-state index < -0.39 is 5.44 Å². The summed E-state index contributed by atoms with van der Waals surface area (Å²) in [7, 11) is 0. The van der Waals surface area contributed by atoms with E-state index in [1.54, 1.807) is 17.8 Å². The molecule has 0 bridgehead atoms. The molecular formula is C33H32Cl2N2ORuS2+. The van der Waals surface area contributed by atoms with E-state index >= 15 is 0 Å². The van der Waals surface area contributed by atoms with Crippen molar-refractivity contribution in [3.05, 3.63) is 112 Å². The third kappa shape index (κ3) is 6.24. The molecule has 1 fully saturated rings. The monoisotopic (exact) mass is 708 g/mol. The van der Waals surface area contributed by atoms with Crippen LogP contribution in [0.5, 0.6) is 5.75 Å². The fraction of sp³-hybridized carbons (Fsp3) is 0.242. The molecule has 5 rings (SSSR count). The molecule has 0 N–H and O–H groups in total. The van der Waals surface area contributed by atoms with E-state index in [2.05, 4.69) is 110 Å². The van der Waals surface area contributed by atoms with Crippen molar-refractivity contribution in [2.75, 3.05) is 16.3 Å². The molecular weight excluding hydrogens is 676 g/mol. The summed E-state index contributed by atoms with van der Waals surface area (Å²) < 4.78 is 9.06. The van der Waals surface area contributed by atoms with Gasteiger partial charge in [-0.1, -0.05) is 0 Å². The van der Waals surface area contributed by atoms with Crippen LogP contribution in [0.1, 0.15) is 30.5 Å². The third-order valence-electron chi connectivity index (χ3n) is 7.38. The van der Waals surface area contributed by atoms with Crippen LogP contribution in [0.4, 0.5) is 11.4 Å². The van der Waals surface area contributed by atoms with Crippen LogP contribution < -0.4 is 14.5 Å². The zero-order valence-corrected chi connectivity index (χ0v) is 28.3. The van der Waals surface area contributed by atoms with Crippen LogP contribution in [-0.2, 0) is 17.9 Å². The second kappa shape index (κ2) is 12.7. The van der Waals surface area contributed by atoms with Gasteiger partial charge in [0.15, 0.2) is 0 Å². The van der Waals surface area contributed by atoms with Crippen molar-refractivity contribution < 1.29 is 22.6 Å². The Morgan fingerprint density at radius 3 is 2.15 bits per heavy atom. The number of thioether (sulfide) groups is 1. The SMILES string of the molecule is Cc1ccccc1N1CC(C)(C)N(c2ccccc2C)[C@H]1[C@H](Oc1ccccc1[CH]=[Ru+])Sc1c(Cl)ccc(Cl)c1S. The van der Waals surface area contributed by atoms with E-state index in [0.717, 1.165) is 22.8 Å². The van der Waals surface area contributed by atoms with Crippen molar-refractivity contribution >= 4 is 63.6 Å². The van der Waals surface area contributed by atoms with Crippen molar-refractivity contribution in [2.45, 2.75) is 54.6 Å². The molecule has 213 valence electrons. The zero-order valence-electron chi connectivity index (χ0n) is 23.3. The van der Waals surface area contributed by atoms with Crippen LogP contribution in [0.25, 0.3) is 0 Å². The van der Waals surface area contributed by atoms with Gasteiger partial charge in [-0.05, 0) is 0 Å². The minimum absolute atomic E-state index is 0.210. The van der Waals surface area contributed by atoms with E-state index in [0.29, 0.717) is 14.9 Å². The maximum atomic E-state index is 7.05. The summed E-state index contributed by atoms with van der Waals surface area (Å²) in [6, 6.07) is 28.8. The van der Waals surface area contributed by atoms with E-state index in [1.807, 2.05) is 28.9 Å². The first-order chi connectivity index (χ1) is 19.6. The summed E-state index contributed by atoms with van der Waals surface area (Å²) in [4.78, 5) is 6.42. The molecule has 3 nitrogen and oxygen atoms in total. The number of hydrogen-bond donors (Lipinski definition) is 1. The molecule has 0 aromatic heterocycles. The average Bonchev–Trinajstić information content (AvgIpc) is 3.23. The standard InChI is InChI=1S/C33H32Cl2N2OS2.Ru/c1-21-12-6-9-15-26(21)36-20-33(4,5)37(27-16-10-7-13-22(27)2)31(36)32(38-28-17-11-8-14-23(28)3)40-30-25(35)19-18-24(34)29(30)39;/h3,6-19,31-32,39H,20H2,1-2,4-5H3;/q;+1/t31-,32+;/m0./s1. The quantitative estimate of drug-likeness (QED) is 0.0850. The summed E-state index contributed by atoms with van der Waals surface area (Å²) >= 11 is 22.3. The first kappa shape index (κ1) is 30.5. The van der Waals surface area contributed by atoms with Crippen LogP contribution in [-0.4, -0.2) is 28.3 Å². The van der Waals surface area contributed by atoms with E-state index in [1.165, 1.54) is 22.5 Å². The summed E-state index contributed by atoms with van der Waals surface area (Å²) in [5, 5.41) is 1.14. The van der Waals surface area contributed by atoms with Gasteiger partial charge in [0, 0.05) is 0 Å². The molecule has 4 aromatic rings. The van der Waals surface area contributed by atoms with Crippen LogP contribution in [0.15, 0.2) is 94.7 Å². The Kier molecular flexibility index (Phi) is 9.48. The first-order valence-electron chi connectivity index (χ1n) is 13.3. The molecule has 0 aliphatic carbocycles. The van der Waals surface area contributed by atoms with Gasteiger partial charge in [0.25, 0.3) is 0 Å². The third-order valence-corrected chi connectivity index (χ3v) is 10.6. The fourth-order valence-electron chi connectivity index (χ4n) is 5.46. The van der Waals surface area contributed by atoms with Gasteiger partial charge in [-0.3, -0.25) is 0 Å². The first-order valence-corrected chi connectivity index (χ1v) is 16.4. The number of nitrogens with zero attached hydrogens (tertiary/aromatic N) is 2. The maximum absolute atomic E-state index is 7.05. The number of thiol groups is 1. The van der Waals surface area contributed by atoms with Gasteiger partial charge in [0.05, 0.1) is 0 Å². The molecule has 0 saturated carbocycles. The molecule has 41 heavy (non-hydrogen) atoms. The number of aryl methyl sites for hydroxylation is 2. The van der Waals surface area contributed by atoms with Crippen molar-refractivity contribution in [1.29, 1.82) is 0 Å². The Morgan fingerprint density at radius 1 is 0.902 bits per heavy atom. The molecule has 0 unspecified atom stereocenters. The molecule has 0 amide bonds. The van der Waals surface area contributed by atoms with Crippen LogP contribution >= 0.6 is 47.6 Å². The number of ether oxygens (including phenoxy) is 1. The second-order valence-electron chi connectivity index (χ2n) is 10.7. The van der Waals surface area contributed by atoms with Gasteiger partial charge in [-0.25, -0.2) is 0 Å². The minimum atomic E-state index is -0.425. The van der Waals surface area contributed by atoms with Gasteiger partial charge in [0.1, 0.15) is 0 Å². The summed E-state index contributed by atoms with van der Waals surface area (Å²) in [6.07, 6.45) is -0.210. The van der Waals surface area contributed by atoms with Crippen molar-refractivity contribution in [1.82, 2.24) is 0 Å². The number of anilines is 2. The van der Waals surface area contributed by atoms with Gasteiger partial charge in [0.2, 0.25) is 0 Å². The van der Waals surface area contributed by atoms with Gasteiger partial charge < -0.3 is 0 Å². The Labute approximate surface area is 272 Å². The fourth-order valence-corrected chi connectivity index (χ4v) is 7.98. The Bertz CT molecular complexity index is 1580. The number of para-hydroxylation sites is 3. The summed E-state index contributed by atoms with van der Waals surface area (Å²) in [6.45, 7) is 9.73. The number of rotatable bonds is 8. The number of benzene rings is 4. The van der Waals surface area contributed by atoms with E-state index in [9.17, 15) is 0 Å². The molecule has 1 aliphatic heterocycles. The van der Waals surface area contributed by atoms with Crippen molar-refractivity contribution in [3.63, 3.8) is 0 Å². The Balaban J connectivity index is 1.74. The molecule has 1 aliphatic rings. The van der Waals surface area contributed by atoms with Crippen LogP contribution in [0.3, 0.4) is 0 Å². The molecule has 0 radical (unpaired) electrons. The molecule has 2 atom stereocenters.